The third-order valence-corrected chi connectivity index (χ3v) is 6.94. The lowest BCUT2D eigenvalue weighted by Gasteiger charge is -2.27. The van der Waals surface area contributed by atoms with E-state index in [4.69, 9.17) is 9.47 Å². The van der Waals surface area contributed by atoms with Gasteiger partial charge in [0.05, 0.1) is 13.2 Å². The van der Waals surface area contributed by atoms with Gasteiger partial charge in [-0.15, -0.1) is 0 Å². The molecule has 8 heteroatoms. The fraction of sp³-hybridized carbons (Fsp3) is 0.435. The van der Waals surface area contributed by atoms with Crippen LogP contribution in [0.1, 0.15) is 39.0 Å². The quantitative estimate of drug-likeness (QED) is 0.557. The van der Waals surface area contributed by atoms with Gasteiger partial charge in [0.15, 0.2) is 0 Å². The van der Waals surface area contributed by atoms with Crippen molar-refractivity contribution in [1.82, 2.24) is 4.31 Å². The molecular weight excluding hydrogens is 416 g/mol. The maximum Gasteiger partial charge on any atom is 0.246 e. The van der Waals surface area contributed by atoms with Crippen molar-refractivity contribution >= 4 is 21.6 Å². The first-order valence-electron chi connectivity index (χ1n) is 10.8. The van der Waals surface area contributed by atoms with E-state index >= 15 is 0 Å². The van der Waals surface area contributed by atoms with Crippen molar-refractivity contribution in [2.24, 2.45) is 0 Å². The van der Waals surface area contributed by atoms with Gasteiger partial charge in [0.25, 0.3) is 0 Å². The molecule has 3 rings (SSSR count). The van der Waals surface area contributed by atoms with E-state index in [-0.39, 0.29) is 17.2 Å². The van der Waals surface area contributed by atoms with Gasteiger partial charge in [-0.3, -0.25) is 4.79 Å². The Bertz CT molecular complexity index is 957. The second-order valence-electron chi connectivity index (χ2n) is 7.37. The van der Waals surface area contributed by atoms with Crippen molar-refractivity contribution in [2.45, 2.75) is 43.9 Å². The summed E-state index contributed by atoms with van der Waals surface area (Å²) >= 11 is 0. The number of nitrogens with one attached hydrogen (secondary N) is 1. The molecule has 0 unspecified atom stereocenters. The van der Waals surface area contributed by atoms with Crippen molar-refractivity contribution in [3.8, 4) is 11.5 Å². The largest absolute Gasteiger partial charge is 0.494 e. The number of hydrogen-bond donors (Lipinski definition) is 1. The number of benzene rings is 2. The minimum Gasteiger partial charge on any atom is -0.494 e. The molecule has 1 aliphatic rings. The number of hydrogen-bond acceptors (Lipinski definition) is 5. The molecule has 0 aliphatic carbocycles. The molecule has 0 atom stereocenters. The number of nitrogens with zero attached hydrogens (tertiary/aromatic N) is 1. The van der Waals surface area contributed by atoms with Crippen LogP contribution in [0.3, 0.4) is 0 Å². The number of ether oxygens (including phenoxy) is 2. The Morgan fingerprint density at radius 2 is 1.77 bits per heavy atom. The van der Waals surface area contributed by atoms with Gasteiger partial charge in [-0.1, -0.05) is 24.6 Å². The smallest absolute Gasteiger partial charge is 0.246 e. The molecule has 1 heterocycles. The van der Waals surface area contributed by atoms with E-state index in [1.807, 2.05) is 37.3 Å². The van der Waals surface area contributed by atoms with Crippen molar-refractivity contribution in [3.05, 3.63) is 48.5 Å². The highest BCUT2D eigenvalue weighted by atomic mass is 32.2. The second-order valence-corrected chi connectivity index (χ2v) is 9.28. The normalized spacial score (nSPS) is 14.7. The summed E-state index contributed by atoms with van der Waals surface area (Å²) in [6.45, 7) is 3.60. The first-order chi connectivity index (χ1) is 15.0. The van der Waals surface area contributed by atoms with Gasteiger partial charge in [-0.2, -0.15) is 4.31 Å². The second kappa shape index (κ2) is 11.2. The minimum absolute atomic E-state index is 0.0986. The predicted octanol–water partition coefficient (Wildman–Crippen LogP) is 4.06. The molecule has 2 aromatic rings. The van der Waals surface area contributed by atoms with Crippen LogP contribution in [-0.2, 0) is 14.8 Å². The lowest BCUT2D eigenvalue weighted by molar-refractivity contribution is -0.116. The van der Waals surface area contributed by atoms with Gasteiger partial charge in [0.2, 0.25) is 15.9 Å². The van der Waals surface area contributed by atoms with Crippen LogP contribution in [-0.4, -0.2) is 44.9 Å². The zero-order valence-electron chi connectivity index (χ0n) is 17.9. The van der Waals surface area contributed by atoms with Gasteiger partial charge in [0.1, 0.15) is 16.4 Å². The molecule has 2 aromatic carbocycles. The summed E-state index contributed by atoms with van der Waals surface area (Å²) in [7, 11) is -3.69. The number of anilines is 1. The summed E-state index contributed by atoms with van der Waals surface area (Å²) in [4.78, 5) is 12.4. The van der Waals surface area contributed by atoms with E-state index in [1.54, 1.807) is 12.1 Å². The molecule has 7 nitrogen and oxygen atoms in total. The first kappa shape index (κ1) is 23.1. The number of piperidine rings is 1. The summed E-state index contributed by atoms with van der Waals surface area (Å²) in [5.74, 6) is 0.881. The van der Waals surface area contributed by atoms with Crippen molar-refractivity contribution < 1.29 is 22.7 Å². The van der Waals surface area contributed by atoms with Crippen LogP contribution in [0.4, 0.5) is 5.69 Å². The Morgan fingerprint density at radius 1 is 1.03 bits per heavy atom. The maximum atomic E-state index is 13.2. The molecule has 0 saturated carbocycles. The van der Waals surface area contributed by atoms with E-state index in [9.17, 15) is 13.2 Å². The fourth-order valence-corrected chi connectivity index (χ4v) is 5.14. The number of para-hydroxylation sites is 1. The topological polar surface area (TPSA) is 84.9 Å². The third kappa shape index (κ3) is 6.45. The third-order valence-electron chi connectivity index (χ3n) is 5.02. The first-order valence-corrected chi connectivity index (χ1v) is 12.2. The summed E-state index contributed by atoms with van der Waals surface area (Å²) in [5.41, 5.74) is 0.438. The lowest BCUT2D eigenvalue weighted by Crippen LogP contribution is -2.35. The molecule has 0 radical (unpaired) electrons. The van der Waals surface area contributed by atoms with Gasteiger partial charge < -0.3 is 14.8 Å². The molecule has 1 aliphatic heterocycles. The highest BCUT2D eigenvalue weighted by molar-refractivity contribution is 7.89. The molecule has 1 saturated heterocycles. The van der Waals surface area contributed by atoms with Crippen molar-refractivity contribution in [1.29, 1.82) is 0 Å². The molecule has 1 N–H and O–H groups in total. The molecule has 0 aromatic heterocycles. The summed E-state index contributed by atoms with van der Waals surface area (Å²) < 4.78 is 39.0. The van der Waals surface area contributed by atoms with Gasteiger partial charge in [-0.05, 0) is 56.5 Å². The van der Waals surface area contributed by atoms with Gasteiger partial charge in [-0.25, -0.2) is 8.42 Å². The molecule has 31 heavy (non-hydrogen) atoms. The zero-order valence-corrected chi connectivity index (χ0v) is 18.7. The SMILES string of the molecule is CCOc1ccc(NC(=O)CCCOc2ccccc2)cc1S(=O)(=O)N1CCCCC1. The average molecular weight is 447 g/mol. The predicted molar refractivity (Wildman–Crippen MR) is 120 cm³/mol. The fourth-order valence-electron chi connectivity index (χ4n) is 3.47. The molecule has 168 valence electrons. The Kier molecular flexibility index (Phi) is 8.31. The molecule has 0 bridgehead atoms. The molecule has 1 fully saturated rings. The highest BCUT2D eigenvalue weighted by Gasteiger charge is 2.29. The van der Waals surface area contributed by atoms with E-state index in [0.717, 1.165) is 25.0 Å². The Hall–Kier alpha value is -2.58. The highest BCUT2D eigenvalue weighted by Crippen LogP contribution is 2.31. The summed E-state index contributed by atoms with van der Waals surface area (Å²) in [6.07, 6.45) is 3.56. The van der Waals surface area contributed by atoms with Crippen LogP contribution in [0, 0.1) is 0 Å². The molecule has 1 amide bonds. The number of amides is 1. The lowest BCUT2D eigenvalue weighted by atomic mass is 10.2. The number of rotatable bonds is 10. The Morgan fingerprint density at radius 3 is 2.48 bits per heavy atom. The van der Waals surface area contributed by atoms with Crippen LogP contribution in [0.2, 0.25) is 0 Å². The minimum atomic E-state index is -3.69. The standard InChI is InChI=1S/C23H30N2O5S/c1-2-29-21-14-13-19(18-22(21)31(27,28)25-15-7-4-8-16-25)24-23(26)12-9-17-30-20-10-5-3-6-11-20/h3,5-6,10-11,13-14,18H,2,4,7-9,12,15-17H2,1H3,(H,24,26). The van der Waals surface area contributed by atoms with Gasteiger partial charge in [0, 0.05) is 25.2 Å². The van der Waals surface area contributed by atoms with Crippen LogP contribution in [0.5, 0.6) is 11.5 Å². The number of sulfonamides is 1. The Balaban J connectivity index is 1.63. The Labute approximate surface area is 184 Å². The monoisotopic (exact) mass is 446 g/mol. The average Bonchev–Trinajstić information content (AvgIpc) is 2.79. The van der Waals surface area contributed by atoms with E-state index in [2.05, 4.69) is 5.32 Å². The van der Waals surface area contributed by atoms with Gasteiger partial charge >= 0.3 is 0 Å². The van der Waals surface area contributed by atoms with Crippen LogP contribution >= 0.6 is 0 Å². The van der Waals surface area contributed by atoms with Crippen LogP contribution < -0.4 is 14.8 Å². The molecular formula is C23H30N2O5S. The summed E-state index contributed by atoms with van der Waals surface area (Å²) in [5, 5.41) is 2.79. The van der Waals surface area contributed by atoms with Crippen LogP contribution in [0.15, 0.2) is 53.4 Å². The zero-order chi connectivity index (χ0) is 22.1. The van der Waals surface area contributed by atoms with Crippen LogP contribution in [0.25, 0.3) is 0 Å². The van der Waals surface area contributed by atoms with Crippen molar-refractivity contribution in [3.63, 3.8) is 0 Å². The van der Waals surface area contributed by atoms with E-state index in [1.165, 1.54) is 10.4 Å². The number of carbonyl (C=O) groups excluding carboxylic acids is 1. The van der Waals surface area contributed by atoms with Crippen molar-refractivity contribution in [2.75, 3.05) is 31.6 Å². The maximum absolute atomic E-state index is 13.2. The summed E-state index contributed by atoms with van der Waals surface area (Å²) in [6, 6.07) is 14.2. The van der Waals surface area contributed by atoms with E-state index in [0.29, 0.717) is 44.2 Å². The van der Waals surface area contributed by atoms with E-state index < -0.39 is 10.0 Å². The molecule has 0 spiro atoms. The number of carbonyl (C=O) groups is 1.